The first-order valence-electron chi connectivity index (χ1n) is 11.5. The summed E-state index contributed by atoms with van der Waals surface area (Å²) in [4.78, 5) is 15.2. The number of fused-ring (bicyclic) bond motifs is 1. The van der Waals surface area contributed by atoms with E-state index in [4.69, 9.17) is 4.74 Å². The fourth-order valence-electron chi connectivity index (χ4n) is 4.16. The van der Waals surface area contributed by atoms with Crippen LogP contribution in [0.4, 0.5) is 4.39 Å². The second-order valence-electron chi connectivity index (χ2n) is 8.33. The number of thioether (sulfide) groups is 1. The molecule has 8 heteroatoms. The van der Waals surface area contributed by atoms with Gasteiger partial charge >= 0.3 is 0 Å². The Hall–Kier alpha value is -3.65. The van der Waals surface area contributed by atoms with Gasteiger partial charge in [0.2, 0.25) is 5.91 Å². The SMILES string of the molecule is C[C@@H](Sc1nnc(COc2ccccc2F)n1-c1ccccc1)C(=O)N1CCc2ccccc2C1. The van der Waals surface area contributed by atoms with Gasteiger partial charge in [0.05, 0.1) is 5.25 Å². The monoisotopic (exact) mass is 488 g/mol. The molecule has 1 amide bonds. The molecular formula is C27H25FN4O2S. The van der Waals surface area contributed by atoms with Crippen molar-refractivity contribution in [2.45, 2.75) is 36.9 Å². The van der Waals surface area contributed by atoms with Crippen molar-refractivity contribution < 1.29 is 13.9 Å². The summed E-state index contributed by atoms with van der Waals surface area (Å²) >= 11 is 1.36. The van der Waals surface area contributed by atoms with E-state index in [0.717, 1.165) is 12.1 Å². The van der Waals surface area contributed by atoms with Gasteiger partial charge in [-0.25, -0.2) is 4.39 Å². The number of rotatable bonds is 7. The molecule has 5 rings (SSSR count). The highest BCUT2D eigenvalue weighted by molar-refractivity contribution is 8.00. The lowest BCUT2D eigenvalue weighted by molar-refractivity contribution is -0.131. The lowest BCUT2D eigenvalue weighted by Gasteiger charge is -2.30. The van der Waals surface area contributed by atoms with E-state index in [0.29, 0.717) is 24.1 Å². The summed E-state index contributed by atoms with van der Waals surface area (Å²) in [5.41, 5.74) is 3.35. The predicted molar refractivity (Wildman–Crippen MR) is 133 cm³/mol. The maximum atomic E-state index is 14.0. The van der Waals surface area contributed by atoms with E-state index in [1.807, 2.05) is 58.9 Å². The summed E-state index contributed by atoms with van der Waals surface area (Å²) in [7, 11) is 0. The van der Waals surface area contributed by atoms with Gasteiger partial charge in [-0.1, -0.05) is 66.4 Å². The zero-order valence-corrected chi connectivity index (χ0v) is 20.1. The molecule has 0 radical (unpaired) electrons. The summed E-state index contributed by atoms with van der Waals surface area (Å²) in [6, 6.07) is 24.2. The van der Waals surface area contributed by atoms with Crippen LogP contribution in [-0.2, 0) is 24.4 Å². The minimum atomic E-state index is -0.435. The Morgan fingerprint density at radius 3 is 2.51 bits per heavy atom. The van der Waals surface area contributed by atoms with Crippen molar-refractivity contribution in [2.75, 3.05) is 6.54 Å². The molecule has 0 saturated carbocycles. The standard InChI is InChI=1S/C27H25FN4O2S/c1-19(26(33)31-16-15-20-9-5-6-10-21(20)17-31)35-27-30-29-25(32(27)22-11-3-2-4-12-22)18-34-24-14-8-7-13-23(24)28/h2-14,19H,15-18H2,1H3/t19-/m1/s1. The van der Waals surface area contributed by atoms with Crippen LogP contribution in [0.1, 0.15) is 23.9 Å². The number of carbonyl (C=O) groups is 1. The van der Waals surface area contributed by atoms with Crippen molar-refractivity contribution in [2.24, 2.45) is 0 Å². The first kappa shape index (κ1) is 23.1. The first-order chi connectivity index (χ1) is 17.1. The number of ether oxygens (including phenoxy) is 1. The maximum Gasteiger partial charge on any atom is 0.236 e. The lowest BCUT2D eigenvalue weighted by atomic mass is 10.00. The first-order valence-corrected chi connectivity index (χ1v) is 12.4. The smallest absolute Gasteiger partial charge is 0.236 e. The molecule has 1 aliphatic rings. The molecule has 0 unspecified atom stereocenters. The topological polar surface area (TPSA) is 60.3 Å². The van der Waals surface area contributed by atoms with Crippen molar-refractivity contribution in [3.8, 4) is 11.4 Å². The van der Waals surface area contributed by atoms with Crippen LogP contribution in [-0.4, -0.2) is 37.4 Å². The van der Waals surface area contributed by atoms with Crippen LogP contribution in [0.5, 0.6) is 5.75 Å². The predicted octanol–water partition coefficient (Wildman–Crippen LogP) is 5.05. The van der Waals surface area contributed by atoms with Crippen LogP contribution in [0.3, 0.4) is 0 Å². The number of para-hydroxylation sites is 2. The quantitative estimate of drug-likeness (QED) is 0.341. The maximum absolute atomic E-state index is 14.0. The van der Waals surface area contributed by atoms with E-state index in [-0.39, 0.29) is 23.5 Å². The van der Waals surface area contributed by atoms with Crippen molar-refractivity contribution >= 4 is 17.7 Å². The number of benzene rings is 3. The van der Waals surface area contributed by atoms with E-state index >= 15 is 0 Å². The zero-order valence-electron chi connectivity index (χ0n) is 19.3. The number of carbonyl (C=O) groups excluding carboxylic acids is 1. The molecule has 3 aromatic carbocycles. The highest BCUT2D eigenvalue weighted by atomic mass is 32.2. The van der Waals surface area contributed by atoms with Crippen molar-refractivity contribution in [3.63, 3.8) is 0 Å². The zero-order chi connectivity index (χ0) is 24.2. The minimum Gasteiger partial charge on any atom is -0.483 e. The van der Waals surface area contributed by atoms with Crippen molar-refractivity contribution in [1.29, 1.82) is 0 Å². The van der Waals surface area contributed by atoms with Gasteiger partial charge in [0.1, 0.15) is 6.61 Å². The highest BCUT2D eigenvalue weighted by Gasteiger charge is 2.27. The van der Waals surface area contributed by atoms with Gasteiger partial charge in [-0.2, -0.15) is 0 Å². The molecule has 0 saturated heterocycles. The Morgan fingerprint density at radius 1 is 1.00 bits per heavy atom. The molecule has 2 heterocycles. The molecule has 0 aliphatic carbocycles. The van der Waals surface area contributed by atoms with Crippen molar-refractivity contribution in [3.05, 3.63) is 102 Å². The molecule has 0 N–H and O–H groups in total. The molecular weight excluding hydrogens is 463 g/mol. The van der Waals surface area contributed by atoms with Crippen LogP contribution >= 0.6 is 11.8 Å². The third-order valence-electron chi connectivity index (χ3n) is 5.98. The lowest BCUT2D eigenvalue weighted by Crippen LogP contribution is -2.40. The summed E-state index contributed by atoms with van der Waals surface area (Å²) in [6.07, 6.45) is 0.858. The molecule has 1 aliphatic heterocycles. The summed E-state index contributed by atoms with van der Waals surface area (Å²) in [5.74, 6) is 0.304. The number of amides is 1. The highest BCUT2D eigenvalue weighted by Crippen LogP contribution is 2.29. The van der Waals surface area contributed by atoms with E-state index in [9.17, 15) is 9.18 Å². The van der Waals surface area contributed by atoms with Crippen LogP contribution in [0.25, 0.3) is 5.69 Å². The van der Waals surface area contributed by atoms with Gasteiger partial charge in [-0.05, 0) is 48.7 Å². The molecule has 4 aromatic rings. The molecule has 1 atom stereocenters. The largest absolute Gasteiger partial charge is 0.483 e. The van der Waals surface area contributed by atoms with Crippen LogP contribution in [0.15, 0.2) is 84.0 Å². The number of hydrogen-bond donors (Lipinski definition) is 0. The second-order valence-corrected chi connectivity index (χ2v) is 9.64. The minimum absolute atomic E-state index is 0.0363. The summed E-state index contributed by atoms with van der Waals surface area (Å²) < 4.78 is 21.6. The number of nitrogens with zero attached hydrogens (tertiary/aromatic N) is 4. The molecule has 0 bridgehead atoms. The van der Waals surface area contributed by atoms with E-state index < -0.39 is 5.82 Å². The van der Waals surface area contributed by atoms with Gasteiger partial charge in [0.25, 0.3) is 0 Å². The van der Waals surface area contributed by atoms with Crippen LogP contribution in [0.2, 0.25) is 0 Å². The van der Waals surface area contributed by atoms with Crippen LogP contribution < -0.4 is 4.74 Å². The molecule has 6 nitrogen and oxygen atoms in total. The fourth-order valence-corrected chi connectivity index (χ4v) is 5.13. The Labute approximate surface area is 207 Å². The van der Waals surface area contributed by atoms with Gasteiger partial charge in [-0.3, -0.25) is 9.36 Å². The average Bonchev–Trinajstić information content (AvgIpc) is 3.30. The Morgan fingerprint density at radius 2 is 1.71 bits per heavy atom. The molecule has 0 fully saturated rings. The number of aromatic nitrogens is 3. The van der Waals surface area contributed by atoms with E-state index in [1.165, 1.54) is 29.0 Å². The number of halogens is 1. The van der Waals surface area contributed by atoms with Crippen molar-refractivity contribution in [1.82, 2.24) is 19.7 Å². The summed E-state index contributed by atoms with van der Waals surface area (Å²) in [5, 5.41) is 8.90. The normalized spacial score (nSPS) is 13.8. The molecule has 1 aromatic heterocycles. The average molecular weight is 489 g/mol. The molecule has 178 valence electrons. The van der Waals surface area contributed by atoms with E-state index in [2.05, 4.69) is 22.3 Å². The van der Waals surface area contributed by atoms with Crippen LogP contribution in [0, 0.1) is 5.82 Å². The summed E-state index contributed by atoms with van der Waals surface area (Å²) in [6.45, 7) is 3.25. The second kappa shape index (κ2) is 10.3. The molecule has 0 spiro atoms. The Kier molecular flexibility index (Phi) is 6.81. The number of hydrogen-bond acceptors (Lipinski definition) is 5. The van der Waals surface area contributed by atoms with Gasteiger partial charge in [0, 0.05) is 18.8 Å². The van der Waals surface area contributed by atoms with Gasteiger partial charge < -0.3 is 9.64 Å². The van der Waals surface area contributed by atoms with E-state index in [1.54, 1.807) is 18.2 Å². The Balaban J connectivity index is 1.35. The third-order valence-corrected chi connectivity index (χ3v) is 7.01. The third kappa shape index (κ3) is 5.07. The Bertz CT molecular complexity index is 1330. The molecule has 35 heavy (non-hydrogen) atoms. The van der Waals surface area contributed by atoms with Gasteiger partial charge in [0.15, 0.2) is 22.5 Å². The fraction of sp³-hybridized carbons (Fsp3) is 0.222. The van der Waals surface area contributed by atoms with Gasteiger partial charge in [-0.15, -0.1) is 10.2 Å².